The van der Waals surface area contributed by atoms with E-state index in [0.717, 1.165) is 0 Å². The van der Waals surface area contributed by atoms with E-state index < -0.39 is 24.6 Å². The van der Waals surface area contributed by atoms with E-state index in [1.807, 2.05) is 0 Å². The number of nitrogens with zero attached hydrogens (tertiary/aromatic N) is 1. The van der Waals surface area contributed by atoms with Gasteiger partial charge in [-0.3, -0.25) is 5.21 Å². The van der Waals surface area contributed by atoms with Gasteiger partial charge in [-0.2, -0.15) is 13.2 Å². The fourth-order valence-corrected chi connectivity index (χ4v) is 0.647. The molecule has 0 aromatic carbocycles. The zero-order chi connectivity index (χ0) is 9.78. The van der Waals surface area contributed by atoms with Gasteiger partial charge in [0.2, 0.25) is 5.96 Å². The lowest BCUT2D eigenvalue weighted by Crippen LogP contribution is -2.30. The first-order valence-corrected chi connectivity index (χ1v) is 3.15. The van der Waals surface area contributed by atoms with Crippen LogP contribution in [-0.2, 0) is 0 Å². The Bertz CT molecular complexity index is 168. The number of guanidine groups is 1. The van der Waals surface area contributed by atoms with Crippen molar-refractivity contribution < 1.29 is 18.4 Å². The molecule has 0 bridgehead atoms. The Morgan fingerprint density at radius 1 is 1.67 bits per heavy atom. The summed E-state index contributed by atoms with van der Waals surface area (Å²) >= 11 is 0. The third-order valence-electron chi connectivity index (χ3n) is 1.00. The molecule has 0 saturated carbocycles. The molecule has 1 atom stereocenters. The number of hydrogen-bond acceptors (Lipinski definition) is 2. The molecule has 72 valence electrons. The summed E-state index contributed by atoms with van der Waals surface area (Å²) in [4.78, 5) is 3.29. The average Bonchev–Trinajstić information content (AvgIpc) is 1.82. The van der Waals surface area contributed by atoms with Crippen LogP contribution in [0.1, 0.15) is 13.3 Å². The summed E-state index contributed by atoms with van der Waals surface area (Å²) in [7, 11) is 0. The smallest absolute Gasteiger partial charge is 0.368 e. The lowest BCUT2D eigenvalue weighted by Gasteiger charge is -2.10. The van der Waals surface area contributed by atoms with Crippen molar-refractivity contribution in [3.63, 3.8) is 0 Å². The molecule has 0 aromatic heterocycles. The zero-order valence-electron chi connectivity index (χ0n) is 6.39. The van der Waals surface area contributed by atoms with Crippen molar-refractivity contribution in [2.45, 2.75) is 25.6 Å². The summed E-state index contributed by atoms with van der Waals surface area (Å²) in [5.41, 5.74) is 6.36. The molecule has 0 aromatic rings. The molecule has 0 aliphatic heterocycles. The predicted molar refractivity (Wildman–Crippen MR) is 36.7 cm³/mol. The van der Waals surface area contributed by atoms with Gasteiger partial charge < -0.3 is 5.73 Å². The van der Waals surface area contributed by atoms with Crippen LogP contribution in [0.15, 0.2) is 4.99 Å². The highest BCUT2D eigenvalue weighted by molar-refractivity contribution is 5.76. The van der Waals surface area contributed by atoms with Gasteiger partial charge in [0.05, 0.1) is 12.5 Å². The third-order valence-corrected chi connectivity index (χ3v) is 1.00. The molecule has 0 fully saturated rings. The zero-order valence-corrected chi connectivity index (χ0v) is 6.39. The number of hydroxylamine groups is 1. The minimum atomic E-state index is -4.27. The second-order valence-corrected chi connectivity index (χ2v) is 2.29. The van der Waals surface area contributed by atoms with E-state index >= 15 is 0 Å². The van der Waals surface area contributed by atoms with E-state index in [1.54, 1.807) is 0 Å². The van der Waals surface area contributed by atoms with Crippen molar-refractivity contribution in [3.8, 4) is 0 Å². The summed E-state index contributed by atoms with van der Waals surface area (Å²) in [6.45, 7) is 1.25. The predicted octanol–water partition coefficient (Wildman–Crippen LogP) is 0.621. The van der Waals surface area contributed by atoms with Crippen molar-refractivity contribution in [1.82, 2.24) is 5.48 Å². The maximum atomic E-state index is 11.7. The number of alkyl halides is 3. The van der Waals surface area contributed by atoms with Crippen LogP contribution in [0.3, 0.4) is 0 Å². The summed E-state index contributed by atoms with van der Waals surface area (Å²) in [6, 6.07) is -0.996. The molecule has 4 N–H and O–H groups in total. The summed E-state index contributed by atoms with van der Waals surface area (Å²) < 4.78 is 35.0. The van der Waals surface area contributed by atoms with Gasteiger partial charge in [-0.25, -0.2) is 10.5 Å². The van der Waals surface area contributed by atoms with Crippen molar-refractivity contribution >= 4 is 5.96 Å². The second-order valence-electron chi connectivity index (χ2n) is 2.29. The van der Waals surface area contributed by atoms with E-state index in [0.29, 0.717) is 0 Å². The normalized spacial score (nSPS) is 15.9. The molecule has 0 amide bonds. The highest BCUT2D eigenvalue weighted by Gasteiger charge is 2.29. The molecule has 7 heteroatoms. The first-order valence-electron chi connectivity index (χ1n) is 3.15. The van der Waals surface area contributed by atoms with Crippen LogP contribution in [-0.4, -0.2) is 23.4 Å². The fourth-order valence-electron chi connectivity index (χ4n) is 0.647. The van der Waals surface area contributed by atoms with Gasteiger partial charge in [-0.15, -0.1) is 0 Å². The molecule has 4 nitrogen and oxygen atoms in total. The van der Waals surface area contributed by atoms with Crippen LogP contribution < -0.4 is 11.2 Å². The van der Waals surface area contributed by atoms with E-state index in [1.165, 1.54) is 12.4 Å². The average molecular weight is 185 g/mol. The molecule has 0 rings (SSSR count). The molecular formula is C5H10F3N3O. The molecule has 0 aliphatic rings. The quantitative estimate of drug-likeness (QED) is 0.335. The highest BCUT2D eigenvalue weighted by atomic mass is 19.4. The van der Waals surface area contributed by atoms with Crippen LogP contribution in [0.25, 0.3) is 0 Å². The number of nitrogens with one attached hydrogen (secondary N) is 1. The van der Waals surface area contributed by atoms with Gasteiger partial charge in [0, 0.05) is 0 Å². The SMILES string of the molecule is CC(CC(F)(F)F)N=C(N)NO. The van der Waals surface area contributed by atoms with Crippen LogP contribution >= 0.6 is 0 Å². The van der Waals surface area contributed by atoms with E-state index in [2.05, 4.69) is 4.99 Å². The van der Waals surface area contributed by atoms with E-state index in [4.69, 9.17) is 10.9 Å². The number of rotatable bonds is 2. The molecular weight excluding hydrogens is 175 g/mol. The van der Waals surface area contributed by atoms with Gasteiger partial charge in [-0.05, 0) is 6.92 Å². The topological polar surface area (TPSA) is 70.6 Å². The van der Waals surface area contributed by atoms with Crippen LogP contribution in [0.4, 0.5) is 13.2 Å². The lowest BCUT2D eigenvalue weighted by molar-refractivity contribution is -0.137. The fraction of sp³-hybridized carbons (Fsp3) is 0.800. The van der Waals surface area contributed by atoms with E-state index in [-0.39, 0.29) is 0 Å². The van der Waals surface area contributed by atoms with Gasteiger partial charge >= 0.3 is 6.18 Å². The Kier molecular flexibility index (Phi) is 3.81. The maximum Gasteiger partial charge on any atom is 0.391 e. The third kappa shape index (κ3) is 5.78. The van der Waals surface area contributed by atoms with Gasteiger partial charge in [-0.1, -0.05) is 0 Å². The minimum Gasteiger partial charge on any atom is -0.368 e. The molecule has 0 saturated heterocycles. The lowest BCUT2D eigenvalue weighted by atomic mass is 10.2. The molecule has 0 aliphatic carbocycles. The standard InChI is InChI=1S/C5H10F3N3O/c1-3(2-5(6,7)8)10-4(9)11-12/h3,12H,2H2,1H3,(H3,9,10,11). The number of nitrogens with two attached hydrogens (primary N) is 1. The van der Waals surface area contributed by atoms with Crippen molar-refractivity contribution in [1.29, 1.82) is 0 Å². The summed E-state index contributed by atoms with van der Waals surface area (Å²) in [5, 5.41) is 8.09. The number of aliphatic imine (C=N–C) groups is 1. The van der Waals surface area contributed by atoms with Gasteiger partial charge in [0.1, 0.15) is 0 Å². The first kappa shape index (κ1) is 11.0. The number of halogens is 3. The second kappa shape index (κ2) is 4.15. The molecule has 0 spiro atoms. The summed E-state index contributed by atoms with van der Waals surface area (Å²) in [6.07, 6.45) is -5.33. The Morgan fingerprint density at radius 3 is 2.50 bits per heavy atom. The van der Waals surface area contributed by atoms with Crippen molar-refractivity contribution in [2.24, 2.45) is 10.7 Å². The van der Waals surface area contributed by atoms with Crippen LogP contribution in [0.5, 0.6) is 0 Å². The van der Waals surface area contributed by atoms with Gasteiger partial charge in [0.25, 0.3) is 0 Å². The molecule has 12 heavy (non-hydrogen) atoms. The molecule has 0 radical (unpaired) electrons. The number of hydrogen-bond donors (Lipinski definition) is 3. The Balaban J connectivity index is 3.97. The Hall–Kier alpha value is -0.980. The largest absolute Gasteiger partial charge is 0.391 e. The molecule has 1 unspecified atom stereocenters. The maximum absolute atomic E-state index is 11.7. The van der Waals surface area contributed by atoms with Gasteiger partial charge in [0.15, 0.2) is 0 Å². The Labute approximate surface area is 67.2 Å². The van der Waals surface area contributed by atoms with Crippen LogP contribution in [0, 0.1) is 0 Å². The van der Waals surface area contributed by atoms with Crippen LogP contribution in [0.2, 0.25) is 0 Å². The minimum absolute atomic E-state index is 0.424. The van der Waals surface area contributed by atoms with E-state index in [9.17, 15) is 13.2 Å². The highest BCUT2D eigenvalue weighted by Crippen LogP contribution is 2.22. The van der Waals surface area contributed by atoms with Crippen molar-refractivity contribution in [3.05, 3.63) is 0 Å². The summed E-state index contributed by atoms with van der Waals surface area (Å²) in [5.74, 6) is -0.424. The monoisotopic (exact) mass is 185 g/mol. The Morgan fingerprint density at radius 2 is 2.17 bits per heavy atom. The molecule has 0 heterocycles. The first-order chi connectivity index (χ1) is 5.35. The van der Waals surface area contributed by atoms with Crippen molar-refractivity contribution in [2.75, 3.05) is 0 Å².